The summed E-state index contributed by atoms with van der Waals surface area (Å²) in [6.45, 7) is 4.29. The maximum Gasteiger partial charge on any atom is 0.126 e. The van der Waals surface area contributed by atoms with Gasteiger partial charge in [-0.05, 0) is 11.8 Å². The van der Waals surface area contributed by atoms with Crippen LogP contribution in [0.25, 0.3) is 0 Å². The van der Waals surface area contributed by atoms with Crippen LogP contribution in [0.2, 0.25) is 0 Å². The summed E-state index contributed by atoms with van der Waals surface area (Å²) >= 11 is 0. The lowest BCUT2D eigenvalue weighted by Crippen LogP contribution is -2.06. The molecule has 0 spiro atoms. The minimum absolute atomic E-state index is 0.181. The third kappa shape index (κ3) is 1.41. The van der Waals surface area contributed by atoms with Crippen molar-refractivity contribution in [2.24, 2.45) is 11.3 Å². The predicted octanol–water partition coefficient (Wildman–Crippen LogP) is 1.79. The molecular formula is C8H12O. The van der Waals surface area contributed by atoms with E-state index in [2.05, 4.69) is 19.9 Å². The summed E-state index contributed by atoms with van der Waals surface area (Å²) in [4.78, 5) is 10.2. The maximum absolute atomic E-state index is 10.2. The fraction of sp³-hybridized carbons (Fsp3) is 0.625. The lowest BCUT2D eigenvalue weighted by atomic mass is 9.91. The molecule has 0 aromatic carbocycles. The molecule has 0 aromatic heterocycles. The van der Waals surface area contributed by atoms with E-state index < -0.39 is 0 Å². The van der Waals surface area contributed by atoms with E-state index in [1.807, 2.05) is 6.08 Å². The largest absolute Gasteiger partial charge is 0.303 e. The Hall–Kier alpha value is -0.590. The van der Waals surface area contributed by atoms with Crippen LogP contribution < -0.4 is 0 Å². The molecule has 0 aliphatic heterocycles. The van der Waals surface area contributed by atoms with Crippen LogP contribution in [0.3, 0.4) is 0 Å². The maximum atomic E-state index is 10.2. The molecule has 0 fully saturated rings. The van der Waals surface area contributed by atoms with Gasteiger partial charge in [0.1, 0.15) is 6.29 Å². The van der Waals surface area contributed by atoms with Crippen molar-refractivity contribution in [2.45, 2.75) is 20.3 Å². The Balaban J connectivity index is 2.59. The summed E-state index contributed by atoms with van der Waals surface area (Å²) < 4.78 is 0. The second kappa shape index (κ2) is 1.98. The number of carbonyl (C=O) groups excluding carboxylic acids is 1. The van der Waals surface area contributed by atoms with E-state index in [4.69, 9.17) is 0 Å². The lowest BCUT2D eigenvalue weighted by molar-refractivity contribution is -0.110. The second-order valence-corrected chi connectivity index (χ2v) is 3.35. The predicted molar refractivity (Wildman–Crippen MR) is 37.1 cm³/mol. The lowest BCUT2D eigenvalue weighted by Gasteiger charge is -2.13. The highest BCUT2D eigenvalue weighted by Crippen LogP contribution is 2.32. The SMILES string of the molecule is CC1(C)C=C[C@@H](C=O)C1. The number of rotatable bonds is 1. The molecule has 1 nitrogen and oxygen atoms in total. The molecule has 1 atom stereocenters. The first-order valence-electron chi connectivity index (χ1n) is 3.29. The van der Waals surface area contributed by atoms with Crippen molar-refractivity contribution in [1.29, 1.82) is 0 Å². The molecule has 0 bridgehead atoms. The van der Waals surface area contributed by atoms with Crippen molar-refractivity contribution >= 4 is 6.29 Å². The Kier molecular flexibility index (Phi) is 1.43. The average Bonchev–Trinajstić information content (AvgIpc) is 2.10. The summed E-state index contributed by atoms with van der Waals surface area (Å²) in [7, 11) is 0. The van der Waals surface area contributed by atoms with Crippen LogP contribution in [0.4, 0.5) is 0 Å². The quantitative estimate of drug-likeness (QED) is 0.384. The molecule has 1 aliphatic rings. The van der Waals surface area contributed by atoms with Crippen LogP contribution in [0.15, 0.2) is 12.2 Å². The fourth-order valence-electron chi connectivity index (χ4n) is 1.22. The van der Waals surface area contributed by atoms with Gasteiger partial charge in [0.05, 0.1) is 0 Å². The zero-order valence-electron chi connectivity index (χ0n) is 5.92. The van der Waals surface area contributed by atoms with Gasteiger partial charge in [-0.25, -0.2) is 0 Å². The Labute approximate surface area is 55.8 Å². The molecule has 0 radical (unpaired) electrons. The zero-order valence-corrected chi connectivity index (χ0v) is 5.92. The summed E-state index contributed by atoms with van der Waals surface area (Å²) in [5, 5.41) is 0. The monoisotopic (exact) mass is 124 g/mol. The highest BCUT2D eigenvalue weighted by Gasteiger charge is 2.24. The summed E-state index contributed by atoms with van der Waals surface area (Å²) in [5.41, 5.74) is 0.256. The standard InChI is InChI=1S/C8H12O/c1-8(2)4-3-7(5-8)6-9/h3-4,6-7H,5H2,1-2H3/t7-/m1/s1. The highest BCUT2D eigenvalue weighted by molar-refractivity contribution is 5.58. The van der Waals surface area contributed by atoms with Crippen LogP contribution in [0.1, 0.15) is 20.3 Å². The van der Waals surface area contributed by atoms with E-state index in [-0.39, 0.29) is 11.3 Å². The van der Waals surface area contributed by atoms with Gasteiger partial charge in [0.15, 0.2) is 0 Å². The van der Waals surface area contributed by atoms with Crippen LogP contribution >= 0.6 is 0 Å². The molecular weight excluding hydrogens is 112 g/mol. The van der Waals surface area contributed by atoms with Crippen molar-refractivity contribution in [3.63, 3.8) is 0 Å². The smallest absolute Gasteiger partial charge is 0.126 e. The van der Waals surface area contributed by atoms with Gasteiger partial charge in [0, 0.05) is 5.92 Å². The first-order chi connectivity index (χ1) is 4.14. The molecule has 50 valence electrons. The molecule has 0 saturated heterocycles. The van der Waals surface area contributed by atoms with Gasteiger partial charge in [0.2, 0.25) is 0 Å². The van der Waals surface area contributed by atoms with E-state index >= 15 is 0 Å². The van der Waals surface area contributed by atoms with Gasteiger partial charge in [-0.2, -0.15) is 0 Å². The zero-order chi connectivity index (χ0) is 6.91. The van der Waals surface area contributed by atoms with Gasteiger partial charge in [-0.3, -0.25) is 0 Å². The normalized spacial score (nSPS) is 30.7. The Morgan fingerprint density at radius 3 is 2.56 bits per heavy atom. The molecule has 1 aliphatic carbocycles. The molecule has 0 amide bonds. The van der Waals surface area contributed by atoms with E-state index in [0.29, 0.717) is 0 Å². The van der Waals surface area contributed by atoms with E-state index in [1.54, 1.807) is 0 Å². The van der Waals surface area contributed by atoms with Crippen molar-refractivity contribution < 1.29 is 4.79 Å². The van der Waals surface area contributed by atoms with Crippen molar-refractivity contribution in [2.75, 3.05) is 0 Å². The highest BCUT2D eigenvalue weighted by atomic mass is 16.1. The van der Waals surface area contributed by atoms with Crippen molar-refractivity contribution in [3.8, 4) is 0 Å². The first kappa shape index (κ1) is 6.53. The van der Waals surface area contributed by atoms with Gasteiger partial charge >= 0.3 is 0 Å². The number of aldehydes is 1. The number of carbonyl (C=O) groups is 1. The summed E-state index contributed by atoms with van der Waals surface area (Å²) in [6.07, 6.45) is 6.11. The Bertz CT molecular complexity index is 145. The van der Waals surface area contributed by atoms with E-state index in [0.717, 1.165) is 12.7 Å². The van der Waals surface area contributed by atoms with Crippen LogP contribution in [0.5, 0.6) is 0 Å². The average molecular weight is 124 g/mol. The molecule has 0 saturated carbocycles. The Morgan fingerprint density at radius 2 is 2.33 bits per heavy atom. The third-order valence-corrected chi connectivity index (χ3v) is 1.73. The van der Waals surface area contributed by atoms with Crippen LogP contribution in [-0.2, 0) is 4.79 Å². The number of allylic oxidation sites excluding steroid dienone is 2. The Morgan fingerprint density at radius 1 is 1.67 bits per heavy atom. The third-order valence-electron chi connectivity index (χ3n) is 1.73. The minimum Gasteiger partial charge on any atom is -0.303 e. The topological polar surface area (TPSA) is 17.1 Å². The molecule has 0 unspecified atom stereocenters. The van der Waals surface area contributed by atoms with Gasteiger partial charge in [-0.15, -0.1) is 0 Å². The molecule has 1 heteroatoms. The fourth-order valence-corrected chi connectivity index (χ4v) is 1.22. The first-order valence-corrected chi connectivity index (χ1v) is 3.29. The molecule has 1 rings (SSSR count). The van der Waals surface area contributed by atoms with Crippen molar-refractivity contribution in [1.82, 2.24) is 0 Å². The van der Waals surface area contributed by atoms with Crippen LogP contribution in [-0.4, -0.2) is 6.29 Å². The second-order valence-electron chi connectivity index (χ2n) is 3.35. The summed E-state index contributed by atoms with van der Waals surface area (Å²) in [5.74, 6) is 0.181. The van der Waals surface area contributed by atoms with E-state index in [1.165, 1.54) is 0 Å². The van der Waals surface area contributed by atoms with Crippen molar-refractivity contribution in [3.05, 3.63) is 12.2 Å². The number of hydrogen-bond donors (Lipinski definition) is 0. The molecule has 0 aromatic rings. The van der Waals surface area contributed by atoms with Gasteiger partial charge in [0.25, 0.3) is 0 Å². The summed E-state index contributed by atoms with van der Waals surface area (Å²) in [6, 6.07) is 0. The molecule has 0 heterocycles. The number of hydrogen-bond acceptors (Lipinski definition) is 1. The van der Waals surface area contributed by atoms with Gasteiger partial charge in [-0.1, -0.05) is 26.0 Å². The van der Waals surface area contributed by atoms with E-state index in [9.17, 15) is 4.79 Å². The van der Waals surface area contributed by atoms with Gasteiger partial charge < -0.3 is 4.79 Å². The van der Waals surface area contributed by atoms with Crippen LogP contribution in [0, 0.1) is 11.3 Å². The molecule has 0 N–H and O–H groups in total. The minimum atomic E-state index is 0.181. The molecule has 9 heavy (non-hydrogen) atoms.